The van der Waals surface area contributed by atoms with Gasteiger partial charge in [-0.15, -0.1) is 0 Å². The summed E-state index contributed by atoms with van der Waals surface area (Å²) < 4.78 is 0.702. The van der Waals surface area contributed by atoms with Gasteiger partial charge in [0.05, 0.1) is 6.21 Å². The van der Waals surface area contributed by atoms with Crippen LogP contribution >= 0.6 is 15.9 Å². The van der Waals surface area contributed by atoms with Gasteiger partial charge < -0.3 is 5.11 Å². The lowest BCUT2D eigenvalue weighted by atomic mass is 10.1. The Hall–Kier alpha value is -2.24. The molecule has 0 aromatic heterocycles. The maximum atomic E-state index is 11.8. The molecule has 0 aliphatic heterocycles. The van der Waals surface area contributed by atoms with Crippen molar-refractivity contribution >= 4 is 34.1 Å². The molecule has 5 heteroatoms. The Kier molecular flexibility index (Phi) is 6.06. The van der Waals surface area contributed by atoms with E-state index >= 15 is 0 Å². The standard InChI is InChI=1S/C17H15BrN2O2/c18-15(11-13-7-3-1-4-8-13)12-19-20-17(22)16(21)14-9-5-2-6-10-14/h1-12,16,21H,(H,20,22)/b15-11-,19-12?. The highest BCUT2D eigenvalue weighted by atomic mass is 79.9. The molecular weight excluding hydrogens is 344 g/mol. The molecule has 0 heterocycles. The van der Waals surface area contributed by atoms with Crippen molar-refractivity contribution in [3.63, 3.8) is 0 Å². The maximum absolute atomic E-state index is 11.8. The highest BCUT2D eigenvalue weighted by molar-refractivity contribution is 9.12. The largest absolute Gasteiger partial charge is 0.378 e. The second-order valence-corrected chi connectivity index (χ2v) is 5.40. The number of aliphatic hydroxyl groups excluding tert-OH is 1. The number of halogens is 1. The molecule has 0 saturated carbocycles. The van der Waals surface area contributed by atoms with E-state index in [-0.39, 0.29) is 0 Å². The summed E-state index contributed by atoms with van der Waals surface area (Å²) in [7, 11) is 0. The Morgan fingerprint density at radius 1 is 1.09 bits per heavy atom. The van der Waals surface area contributed by atoms with Crippen molar-refractivity contribution in [2.24, 2.45) is 5.10 Å². The van der Waals surface area contributed by atoms with E-state index in [9.17, 15) is 9.90 Å². The summed E-state index contributed by atoms with van der Waals surface area (Å²) in [4.78, 5) is 11.8. The molecule has 0 saturated heterocycles. The summed E-state index contributed by atoms with van der Waals surface area (Å²) in [6, 6.07) is 18.4. The van der Waals surface area contributed by atoms with Crippen molar-refractivity contribution in [3.05, 3.63) is 76.3 Å². The molecule has 0 aliphatic carbocycles. The van der Waals surface area contributed by atoms with Crippen LogP contribution in [-0.4, -0.2) is 17.2 Å². The number of nitrogens with zero attached hydrogens (tertiary/aromatic N) is 1. The molecule has 0 aliphatic rings. The molecular formula is C17H15BrN2O2. The second-order valence-electron chi connectivity index (χ2n) is 4.49. The lowest BCUT2D eigenvalue weighted by Crippen LogP contribution is -2.25. The van der Waals surface area contributed by atoms with Gasteiger partial charge in [0.15, 0.2) is 6.10 Å². The van der Waals surface area contributed by atoms with Crippen LogP contribution < -0.4 is 5.43 Å². The van der Waals surface area contributed by atoms with Crippen LogP contribution in [0, 0.1) is 0 Å². The van der Waals surface area contributed by atoms with E-state index in [1.165, 1.54) is 6.21 Å². The fourth-order valence-corrected chi connectivity index (χ4v) is 2.12. The molecule has 4 nitrogen and oxygen atoms in total. The van der Waals surface area contributed by atoms with Gasteiger partial charge in [0.25, 0.3) is 5.91 Å². The molecule has 0 fully saturated rings. The van der Waals surface area contributed by atoms with Gasteiger partial charge in [0.2, 0.25) is 0 Å². The number of hydrogen-bond donors (Lipinski definition) is 2. The van der Waals surface area contributed by atoms with Gasteiger partial charge in [-0.05, 0) is 33.1 Å². The predicted molar refractivity (Wildman–Crippen MR) is 91.4 cm³/mol. The van der Waals surface area contributed by atoms with E-state index < -0.39 is 12.0 Å². The summed E-state index contributed by atoms with van der Waals surface area (Å²) >= 11 is 3.34. The minimum atomic E-state index is -1.24. The number of allylic oxidation sites excluding steroid dienone is 1. The monoisotopic (exact) mass is 358 g/mol. The van der Waals surface area contributed by atoms with E-state index in [1.807, 2.05) is 42.5 Å². The number of aliphatic hydroxyl groups is 1. The van der Waals surface area contributed by atoms with Gasteiger partial charge in [-0.2, -0.15) is 5.10 Å². The van der Waals surface area contributed by atoms with Crippen molar-refractivity contribution in [2.75, 3.05) is 0 Å². The fourth-order valence-electron chi connectivity index (χ4n) is 1.75. The molecule has 0 radical (unpaired) electrons. The molecule has 1 atom stereocenters. The van der Waals surface area contributed by atoms with Crippen LogP contribution in [0.3, 0.4) is 0 Å². The van der Waals surface area contributed by atoms with Crippen molar-refractivity contribution in [1.82, 2.24) is 5.43 Å². The van der Waals surface area contributed by atoms with E-state index in [4.69, 9.17) is 0 Å². The van der Waals surface area contributed by atoms with Crippen molar-refractivity contribution in [3.8, 4) is 0 Å². The Morgan fingerprint density at radius 2 is 1.68 bits per heavy atom. The number of rotatable bonds is 5. The van der Waals surface area contributed by atoms with Crippen LogP contribution in [0.1, 0.15) is 17.2 Å². The minimum absolute atomic E-state index is 0.522. The van der Waals surface area contributed by atoms with Crippen molar-refractivity contribution < 1.29 is 9.90 Å². The SMILES string of the molecule is O=C(NN=C/C(Br)=C/c1ccccc1)C(O)c1ccccc1. The molecule has 0 bridgehead atoms. The Bertz CT molecular complexity index is 670. The molecule has 2 aromatic carbocycles. The van der Waals surface area contributed by atoms with E-state index in [2.05, 4.69) is 26.5 Å². The summed E-state index contributed by atoms with van der Waals surface area (Å²) in [5.74, 6) is -0.581. The Balaban J connectivity index is 1.92. The summed E-state index contributed by atoms with van der Waals surface area (Å²) in [5, 5.41) is 13.7. The number of nitrogens with one attached hydrogen (secondary N) is 1. The van der Waals surface area contributed by atoms with E-state index in [0.717, 1.165) is 5.56 Å². The Morgan fingerprint density at radius 3 is 2.32 bits per heavy atom. The molecule has 2 rings (SSSR count). The van der Waals surface area contributed by atoms with E-state index in [0.29, 0.717) is 10.0 Å². The third-order valence-electron chi connectivity index (χ3n) is 2.83. The van der Waals surface area contributed by atoms with Crippen LogP contribution in [0.15, 0.2) is 70.2 Å². The summed E-state index contributed by atoms with van der Waals surface area (Å²) in [6.45, 7) is 0. The predicted octanol–water partition coefficient (Wildman–Crippen LogP) is 3.26. The quantitative estimate of drug-likeness (QED) is 0.636. The molecule has 1 amide bonds. The number of benzene rings is 2. The second kappa shape index (κ2) is 8.26. The topological polar surface area (TPSA) is 61.7 Å². The van der Waals surface area contributed by atoms with Crippen molar-refractivity contribution in [2.45, 2.75) is 6.10 Å². The van der Waals surface area contributed by atoms with Crippen LogP contribution in [0.5, 0.6) is 0 Å². The molecule has 1 unspecified atom stereocenters. The summed E-state index contributed by atoms with van der Waals surface area (Å²) in [5.41, 5.74) is 3.84. The fraction of sp³-hybridized carbons (Fsp3) is 0.0588. The maximum Gasteiger partial charge on any atom is 0.273 e. The lowest BCUT2D eigenvalue weighted by Gasteiger charge is -2.08. The first-order valence-electron chi connectivity index (χ1n) is 6.65. The lowest BCUT2D eigenvalue weighted by molar-refractivity contribution is -0.129. The number of amides is 1. The van der Waals surface area contributed by atoms with Crippen LogP contribution in [-0.2, 0) is 4.79 Å². The van der Waals surface area contributed by atoms with Gasteiger partial charge in [0.1, 0.15) is 0 Å². The average molecular weight is 359 g/mol. The number of carbonyl (C=O) groups is 1. The van der Waals surface area contributed by atoms with Gasteiger partial charge in [0, 0.05) is 4.48 Å². The summed E-state index contributed by atoms with van der Waals surface area (Å²) in [6.07, 6.45) is 2.08. The van der Waals surface area contributed by atoms with Gasteiger partial charge in [-0.3, -0.25) is 4.79 Å². The molecule has 2 N–H and O–H groups in total. The first-order chi connectivity index (χ1) is 10.7. The molecule has 112 valence electrons. The van der Waals surface area contributed by atoms with Crippen LogP contribution in [0.2, 0.25) is 0 Å². The minimum Gasteiger partial charge on any atom is -0.378 e. The third kappa shape index (κ3) is 4.95. The van der Waals surface area contributed by atoms with Crippen LogP contribution in [0.25, 0.3) is 6.08 Å². The highest BCUT2D eigenvalue weighted by Gasteiger charge is 2.15. The first kappa shape index (κ1) is 16.1. The van der Waals surface area contributed by atoms with E-state index in [1.54, 1.807) is 24.3 Å². The van der Waals surface area contributed by atoms with Crippen molar-refractivity contribution in [1.29, 1.82) is 0 Å². The van der Waals surface area contributed by atoms with Gasteiger partial charge in [-0.1, -0.05) is 60.7 Å². The highest BCUT2D eigenvalue weighted by Crippen LogP contribution is 2.12. The molecule has 22 heavy (non-hydrogen) atoms. The zero-order chi connectivity index (χ0) is 15.8. The number of hydrogen-bond acceptors (Lipinski definition) is 3. The third-order valence-corrected chi connectivity index (χ3v) is 3.26. The molecule has 2 aromatic rings. The average Bonchev–Trinajstić information content (AvgIpc) is 2.55. The Labute approximate surface area is 137 Å². The zero-order valence-electron chi connectivity index (χ0n) is 11.7. The first-order valence-corrected chi connectivity index (χ1v) is 7.44. The number of hydrazone groups is 1. The molecule has 0 spiro atoms. The smallest absolute Gasteiger partial charge is 0.273 e. The van der Waals surface area contributed by atoms with Gasteiger partial charge in [-0.25, -0.2) is 5.43 Å². The zero-order valence-corrected chi connectivity index (χ0v) is 13.3. The normalized spacial score (nSPS) is 13.1. The van der Waals surface area contributed by atoms with Gasteiger partial charge >= 0.3 is 0 Å². The number of carbonyl (C=O) groups excluding carboxylic acids is 1. The van der Waals surface area contributed by atoms with Crippen LogP contribution in [0.4, 0.5) is 0 Å².